The second-order valence-corrected chi connectivity index (χ2v) is 10.4. The number of halogens is 5. The lowest BCUT2D eigenvalue weighted by Crippen LogP contribution is -2.59. The summed E-state index contributed by atoms with van der Waals surface area (Å²) in [6.07, 6.45) is -7.78. The van der Waals surface area contributed by atoms with E-state index in [1.54, 1.807) is 25.2 Å². The van der Waals surface area contributed by atoms with Gasteiger partial charge in [0.25, 0.3) is 12.4 Å². The average Bonchev–Trinajstić information content (AvgIpc) is 2.73. The summed E-state index contributed by atoms with van der Waals surface area (Å²) in [6.45, 7) is 6.53. The Morgan fingerprint density at radius 1 is 1.22 bits per heavy atom. The summed E-state index contributed by atoms with van der Waals surface area (Å²) in [6, 6.07) is 4.43. The zero-order chi connectivity index (χ0) is 27.1. The van der Waals surface area contributed by atoms with E-state index in [4.69, 9.17) is 21.2 Å². The minimum atomic E-state index is -4.35. The van der Waals surface area contributed by atoms with Gasteiger partial charge in [0.15, 0.2) is 6.23 Å². The Bertz CT molecular complexity index is 1120. The quantitative estimate of drug-likeness (QED) is 0.187. The molecule has 1 atom stereocenters. The number of ether oxygens (including phenoxy) is 1. The number of aliphatic imine (C=N–C) groups is 1. The molecule has 0 amide bonds. The van der Waals surface area contributed by atoms with Crippen LogP contribution in [0.5, 0.6) is 0 Å². The molecule has 1 saturated carbocycles. The van der Waals surface area contributed by atoms with Crippen LogP contribution in [0.4, 0.5) is 27.6 Å². The molecule has 6 N–H and O–H groups in total. The van der Waals surface area contributed by atoms with E-state index < -0.39 is 42.4 Å². The molecule has 0 aliphatic heterocycles. The van der Waals surface area contributed by atoms with Crippen LogP contribution in [0.25, 0.3) is 10.9 Å². The maximum atomic E-state index is 13.0. The zero-order valence-corrected chi connectivity index (χ0v) is 20.9. The number of aromatic nitrogens is 1. The number of anilines is 1. The number of nitrogens with zero attached hydrogens (tertiary/aromatic N) is 2. The van der Waals surface area contributed by atoms with Crippen LogP contribution in [0.2, 0.25) is 0 Å². The molecule has 1 aliphatic rings. The van der Waals surface area contributed by atoms with Gasteiger partial charge < -0.3 is 21.5 Å². The SMILES string of the molecule is CNC(OC(N)=NC1CC(N)(C(F)F)C1)c1cc(C)c2cc(NCC(F)(F)F)cc(C(C)(C)C)c2n1. The van der Waals surface area contributed by atoms with Crippen molar-refractivity contribution in [2.24, 2.45) is 16.5 Å². The first kappa shape index (κ1) is 27.9. The topological polar surface area (TPSA) is 111 Å². The van der Waals surface area contributed by atoms with Crippen molar-refractivity contribution >= 4 is 22.6 Å². The van der Waals surface area contributed by atoms with Gasteiger partial charge >= 0.3 is 6.18 Å². The van der Waals surface area contributed by atoms with Crippen molar-refractivity contribution in [1.82, 2.24) is 10.3 Å². The number of hydrogen-bond donors (Lipinski definition) is 4. The molecule has 1 heterocycles. The van der Waals surface area contributed by atoms with E-state index in [-0.39, 0.29) is 18.9 Å². The van der Waals surface area contributed by atoms with Gasteiger partial charge in [0.05, 0.1) is 22.8 Å². The summed E-state index contributed by atoms with van der Waals surface area (Å²) in [5, 5.41) is 6.12. The van der Waals surface area contributed by atoms with Gasteiger partial charge in [-0.15, -0.1) is 0 Å². The van der Waals surface area contributed by atoms with Crippen LogP contribution in [0.3, 0.4) is 0 Å². The van der Waals surface area contributed by atoms with Crippen LogP contribution < -0.4 is 22.1 Å². The second kappa shape index (κ2) is 9.97. The molecule has 1 fully saturated rings. The number of benzene rings is 1. The molecule has 36 heavy (non-hydrogen) atoms. The Balaban J connectivity index is 1.92. The maximum absolute atomic E-state index is 13.0. The van der Waals surface area contributed by atoms with E-state index in [0.717, 1.165) is 11.1 Å². The summed E-state index contributed by atoms with van der Waals surface area (Å²) >= 11 is 0. The van der Waals surface area contributed by atoms with E-state index in [0.29, 0.717) is 22.3 Å². The first-order valence-electron chi connectivity index (χ1n) is 11.5. The number of rotatable bonds is 7. The summed E-state index contributed by atoms with van der Waals surface area (Å²) in [7, 11) is 1.64. The van der Waals surface area contributed by atoms with Crippen LogP contribution in [-0.2, 0) is 10.2 Å². The fourth-order valence-corrected chi connectivity index (χ4v) is 4.21. The van der Waals surface area contributed by atoms with Crippen molar-refractivity contribution < 1.29 is 26.7 Å². The van der Waals surface area contributed by atoms with Crippen LogP contribution in [0.1, 0.15) is 56.7 Å². The highest BCUT2D eigenvalue weighted by Crippen LogP contribution is 2.38. The Hall–Kier alpha value is -2.73. The van der Waals surface area contributed by atoms with Crippen LogP contribution in [0, 0.1) is 6.92 Å². The van der Waals surface area contributed by atoms with Gasteiger partial charge in [-0.1, -0.05) is 20.8 Å². The van der Waals surface area contributed by atoms with E-state index >= 15 is 0 Å². The molecule has 1 aromatic heterocycles. The molecule has 7 nitrogen and oxygen atoms in total. The summed E-state index contributed by atoms with van der Waals surface area (Å²) in [5.41, 5.74) is 12.6. The number of hydrogen-bond acceptors (Lipinski definition) is 6. The molecule has 0 spiro atoms. The fraction of sp³-hybridized carbons (Fsp3) is 0.583. The molecule has 12 heteroatoms. The normalized spacial score (nSPS) is 22.0. The summed E-state index contributed by atoms with van der Waals surface area (Å²) in [4.78, 5) is 8.93. The standard InChI is InChI=1S/C24H33F5N6O/c1-12-6-17(19(32-5)36-21(30)34-14-9-23(31,10-14)20(25)26)35-18-15(12)7-13(33-11-24(27,28)29)8-16(18)22(2,3)4/h6-8,14,19-20,32-33H,9-11,31H2,1-5H3,(H2,30,34). The molecule has 0 radical (unpaired) electrons. The molecule has 0 saturated heterocycles. The molecule has 0 bridgehead atoms. The molecule has 1 aliphatic carbocycles. The molecular weight excluding hydrogens is 483 g/mol. The van der Waals surface area contributed by atoms with Crippen molar-refractivity contribution in [2.75, 3.05) is 18.9 Å². The van der Waals surface area contributed by atoms with Crippen LogP contribution in [0.15, 0.2) is 23.2 Å². The number of nitrogens with two attached hydrogens (primary N) is 2. The molecule has 2 aromatic rings. The largest absolute Gasteiger partial charge is 0.440 e. The fourth-order valence-electron chi connectivity index (χ4n) is 4.21. The van der Waals surface area contributed by atoms with Crippen LogP contribution in [-0.4, -0.2) is 48.8 Å². The summed E-state index contributed by atoms with van der Waals surface area (Å²) < 4.78 is 70.0. The zero-order valence-electron chi connectivity index (χ0n) is 20.9. The highest BCUT2D eigenvalue weighted by Gasteiger charge is 2.48. The van der Waals surface area contributed by atoms with E-state index in [1.165, 1.54) is 0 Å². The van der Waals surface area contributed by atoms with E-state index in [2.05, 4.69) is 15.6 Å². The number of fused-ring (bicyclic) bond motifs is 1. The molecule has 1 aromatic carbocycles. The van der Waals surface area contributed by atoms with Gasteiger partial charge in [-0.2, -0.15) is 13.2 Å². The Morgan fingerprint density at radius 3 is 2.39 bits per heavy atom. The monoisotopic (exact) mass is 516 g/mol. The number of aryl methyl sites for hydroxylation is 1. The Labute approximate surface area is 206 Å². The van der Waals surface area contributed by atoms with Gasteiger partial charge in [0, 0.05) is 11.1 Å². The lowest BCUT2D eigenvalue weighted by atomic mass is 9.74. The van der Waals surface area contributed by atoms with Crippen molar-refractivity contribution in [3.05, 3.63) is 35.0 Å². The first-order chi connectivity index (χ1) is 16.5. The smallest absolute Gasteiger partial charge is 0.405 e. The van der Waals surface area contributed by atoms with Gasteiger partial charge in [0.1, 0.15) is 6.54 Å². The van der Waals surface area contributed by atoms with Gasteiger partial charge in [0.2, 0.25) is 0 Å². The Morgan fingerprint density at radius 2 is 1.86 bits per heavy atom. The van der Waals surface area contributed by atoms with E-state index in [9.17, 15) is 22.0 Å². The molecule has 3 rings (SSSR count). The lowest BCUT2D eigenvalue weighted by molar-refractivity contribution is -0.115. The maximum Gasteiger partial charge on any atom is 0.405 e. The minimum Gasteiger partial charge on any atom is -0.440 e. The second-order valence-electron chi connectivity index (χ2n) is 10.4. The van der Waals surface area contributed by atoms with Crippen molar-refractivity contribution in [2.45, 2.75) is 76.4 Å². The molecule has 1 unspecified atom stereocenters. The number of nitrogens with one attached hydrogen (secondary N) is 2. The van der Waals surface area contributed by atoms with Crippen molar-refractivity contribution in [3.8, 4) is 0 Å². The molecule has 200 valence electrons. The van der Waals surface area contributed by atoms with Gasteiger partial charge in [-0.3, -0.25) is 5.32 Å². The summed E-state index contributed by atoms with van der Waals surface area (Å²) in [5.74, 6) is 0. The molecular formula is C24H33F5N6O. The lowest BCUT2D eigenvalue weighted by Gasteiger charge is -2.42. The first-order valence-corrected chi connectivity index (χ1v) is 11.5. The predicted octanol–water partition coefficient (Wildman–Crippen LogP) is 4.49. The highest BCUT2D eigenvalue weighted by molar-refractivity contribution is 5.89. The third-order valence-corrected chi connectivity index (χ3v) is 6.19. The van der Waals surface area contributed by atoms with Crippen molar-refractivity contribution in [1.29, 1.82) is 0 Å². The highest BCUT2D eigenvalue weighted by atomic mass is 19.4. The van der Waals surface area contributed by atoms with Gasteiger partial charge in [-0.05, 0) is 61.6 Å². The third-order valence-electron chi connectivity index (χ3n) is 6.19. The third kappa shape index (κ3) is 6.33. The number of pyridine rings is 1. The number of amidine groups is 1. The predicted molar refractivity (Wildman–Crippen MR) is 130 cm³/mol. The van der Waals surface area contributed by atoms with Crippen LogP contribution >= 0.6 is 0 Å². The number of alkyl halides is 5. The Kier molecular flexibility index (Phi) is 7.71. The minimum absolute atomic E-state index is 0.00588. The van der Waals surface area contributed by atoms with E-state index in [1.807, 2.05) is 27.7 Å². The average molecular weight is 517 g/mol. The van der Waals surface area contributed by atoms with Gasteiger partial charge in [-0.25, -0.2) is 18.8 Å². The van der Waals surface area contributed by atoms with Crippen molar-refractivity contribution in [3.63, 3.8) is 0 Å².